The Balaban J connectivity index is 0.00000243. The van der Waals surface area contributed by atoms with Gasteiger partial charge in [-0.25, -0.2) is 0 Å². The number of oxime groups is 1. The van der Waals surface area contributed by atoms with Gasteiger partial charge in [-0.15, -0.1) is 11.3 Å². The molecule has 0 spiro atoms. The molecule has 0 aliphatic carbocycles. The zero-order chi connectivity index (χ0) is 18.2. The molecule has 0 radical (unpaired) electrons. The molecule has 0 saturated carbocycles. The maximum Gasteiger partial charge on any atom is 1.00 e. The number of hydrogen-bond acceptors (Lipinski definition) is 7. The van der Waals surface area contributed by atoms with Crippen molar-refractivity contribution in [1.82, 2.24) is 0 Å². The Morgan fingerprint density at radius 3 is 2.73 bits per heavy atom. The molecule has 132 valence electrons. The monoisotopic (exact) mass is 438 g/mol. The second-order valence-corrected chi connectivity index (χ2v) is 7.96. The van der Waals surface area contributed by atoms with Crippen LogP contribution < -0.4 is 56.3 Å². The number of carbonyl (C=O) groups is 1. The van der Waals surface area contributed by atoms with Crippen molar-refractivity contribution < 1.29 is 73.4 Å². The SMILES string of the molecule is Cc1ccccc1C(=O)N1CC/C(=N\OS(=O)(=O)[O-])c2sc(Cl)cc21.[K+]. The number of hydrogen-bond donors (Lipinski definition) is 0. The van der Waals surface area contributed by atoms with Crippen LogP contribution in [-0.4, -0.2) is 31.1 Å². The van der Waals surface area contributed by atoms with Crippen molar-refractivity contribution in [3.8, 4) is 0 Å². The largest absolute Gasteiger partial charge is 1.00 e. The van der Waals surface area contributed by atoms with Gasteiger partial charge in [-0.3, -0.25) is 9.08 Å². The van der Waals surface area contributed by atoms with Crippen LogP contribution >= 0.6 is 22.9 Å². The molecule has 0 atom stereocenters. The number of amides is 1. The Morgan fingerprint density at radius 1 is 1.38 bits per heavy atom. The van der Waals surface area contributed by atoms with E-state index in [9.17, 15) is 17.8 Å². The molecule has 0 fully saturated rings. The summed E-state index contributed by atoms with van der Waals surface area (Å²) in [7, 11) is -4.94. The maximum absolute atomic E-state index is 12.9. The molecule has 1 aliphatic rings. The second-order valence-electron chi connectivity index (χ2n) is 5.31. The predicted octanol–water partition coefficient (Wildman–Crippen LogP) is -0.0547. The van der Waals surface area contributed by atoms with E-state index in [0.717, 1.165) is 16.9 Å². The van der Waals surface area contributed by atoms with Gasteiger partial charge in [-0.2, -0.15) is 8.42 Å². The molecular weight excluding hydrogens is 427 g/mol. The molecule has 7 nitrogen and oxygen atoms in total. The Kier molecular flexibility index (Phi) is 7.44. The first-order chi connectivity index (χ1) is 11.8. The van der Waals surface area contributed by atoms with E-state index in [1.807, 2.05) is 19.1 Å². The predicted molar refractivity (Wildman–Crippen MR) is 94.1 cm³/mol. The average Bonchev–Trinajstić information content (AvgIpc) is 2.93. The second kappa shape index (κ2) is 8.80. The van der Waals surface area contributed by atoms with Crippen molar-refractivity contribution in [3.63, 3.8) is 0 Å². The molecule has 11 heteroatoms. The summed E-state index contributed by atoms with van der Waals surface area (Å²) in [5.41, 5.74) is 2.19. The van der Waals surface area contributed by atoms with Crippen molar-refractivity contribution in [2.45, 2.75) is 13.3 Å². The molecule has 0 saturated heterocycles. The molecule has 2 heterocycles. The fraction of sp³-hybridized carbons (Fsp3) is 0.200. The molecule has 0 unspecified atom stereocenters. The number of anilines is 1. The quantitative estimate of drug-likeness (QED) is 0.289. The molecule has 0 N–H and O–H groups in total. The zero-order valence-electron chi connectivity index (χ0n) is 13.9. The fourth-order valence-corrected chi connectivity index (χ4v) is 3.97. The molecule has 0 bridgehead atoms. The van der Waals surface area contributed by atoms with Gasteiger partial charge in [0.05, 0.1) is 14.9 Å². The number of aryl methyl sites for hydroxylation is 1. The molecule has 2 aromatic rings. The molecule has 1 aromatic heterocycles. The third-order valence-corrected chi connectivity index (χ3v) is 5.23. The number of carbonyl (C=O) groups excluding carboxylic acids is 1. The summed E-state index contributed by atoms with van der Waals surface area (Å²) in [6.07, 6.45) is 0.233. The van der Waals surface area contributed by atoms with Crippen molar-refractivity contribution in [1.29, 1.82) is 0 Å². The minimum Gasteiger partial charge on any atom is -0.714 e. The Labute approximate surface area is 202 Å². The summed E-state index contributed by atoms with van der Waals surface area (Å²) < 4.78 is 36.3. The summed E-state index contributed by atoms with van der Waals surface area (Å²) in [4.78, 5) is 14.9. The number of thiophene rings is 1. The summed E-state index contributed by atoms with van der Waals surface area (Å²) >= 11 is 7.19. The van der Waals surface area contributed by atoms with Crippen LogP contribution in [0, 0.1) is 6.92 Å². The summed E-state index contributed by atoms with van der Waals surface area (Å²) in [6, 6.07) is 8.82. The topological polar surface area (TPSA) is 99.1 Å². The van der Waals surface area contributed by atoms with E-state index in [2.05, 4.69) is 9.44 Å². The number of rotatable bonds is 3. The summed E-state index contributed by atoms with van der Waals surface area (Å²) in [5.74, 6) is -0.190. The van der Waals surface area contributed by atoms with Crippen LogP contribution in [0.3, 0.4) is 0 Å². The first-order valence-electron chi connectivity index (χ1n) is 7.15. The fourth-order valence-electron chi connectivity index (χ4n) is 2.56. The van der Waals surface area contributed by atoms with Crippen molar-refractivity contribution in [2.75, 3.05) is 11.4 Å². The molecule has 26 heavy (non-hydrogen) atoms. The summed E-state index contributed by atoms with van der Waals surface area (Å²) in [5, 5.41) is 3.42. The van der Waals surface area contributed by atoms with Gasteiger partial charge in [-0.1, -0.05) is 35.0 Å². The van der Waals surface area contributed by atoms with Crippen molar-refractivity contribution in [3.05, 3.63) is 50.7 Å². The van der Waals surface area contributed by atoms with E-state index in [0.29, 0.717) is 20.5 Å². The van der Waals surface area contributed by atoms with Gasteiger partial charge < -0.3 is 9.45 Å². The Bertz CT molecular complexity index is 974. The van der Waals surface area contributed by atoms with Gasteiger partial charge in [0.2, 0.25) is 0 Å². The minimum atomic E-state index is -4.94. The van der Waals surface area contributed by atoms with Crippen LogP contribution in [0.4, 0.5) is 5.69 Å². The first kappa shape index (κ1) is 22.0. The van der Waals surface area contributed by atoms with Crippen LogP contribution in [0.15, 0.2) is 35.5 Å². The Morgan fingerprint density at radius 2 is 2.08 bits per heavy atom. The third kappa shape index (κ3) is 4.94. The van der Waals surface area contributed by atoms with Gasteiger partial charge in [0.1, 0.15) is 5.71 Å². The first-order valence-corrected chi connectivity index (χ1v) is 9.67. The van der Waals surface area contributed by atoms with Gasteiger partial charge in [0.15, 0.2) is 0 Å². The van der Waals surface area contributed by atoms with Gasteiger partial charge >= 0.3 is 51.4 Å². The van der Waals surface area contributed by atoms with E-state index in [-0.39, 0.29) is 76.0 Å². The van der Waals surface area contributed by atoms with E-state index in [1.165, 1.54) is 0 Å². The molecule has 3 rings (SSSR count). The van der Waals surface area contributed by atoms with E-state index >= 15 is 0 Å². The van der Waals surface area contributed by atoms with E-state index in [1.54, 1.807) is 23.1 Å². The number of nitrogens with zero attached hydrogens (tertiary/aromatic N) is 2. The normalized spacial score (nSPS) is 15.3. The van der Waals surface area contributed by atoms with Crippen molar-refractivity contribution >= 4 is 50.6 Å². The van der Waals surface area contributed by atoms with E-state index < -0.39 is 10.4 Å². The van der Waals surface area contributed by atoms with Crippen LogP contribution in [-0.2, 0) is 14.7 Å². The molecule has 1 amide bonds. The molecular formula is C15H12ClKN2O5S2. The third-order valence-electron chi connectivity index (χ3n) is 3.67. The molecule has 1 aliphatic heterocycles. The minimum absolute atomic E-state index is 0. The standard InChI is InChI=1S/C15H13ClN2O5S2.K/c1-9-4-2-3-5-10(9)15(19)18-7-6-11(17-23-25(20,21)22)14-12(18)8-13(16)24-14;/h2-5,8H,6-7H2,1H3,(H,20,21,22);/q;+1/p-1/b17-11+;. The van der Waals surface area contributed by atoms with Crippen molar-refractivity contribution in [2.24, 2.45) is 5.16 Å². The number of halogens is 1. The van der Waals surface area contributed by atoms with Crippen LogP contribution in [0.25, 0.3) is 0 Å². The van der Waals surface area contributed by atoms with Gasteiger partial charge in [0, 0.05) is 18.5 Å². The van der Waals surface area contributed by atoms with Crippen LogP contribution in [0.1, 0.15) is 27.2 Å². The average molecular weight is 439 g/mol. The maximum atomic E-state index is 12.9. The smallest absolute Gasteiger partial charge is 0.714 e. The van der Waals surface area contributed by atoms with Gasteiger partial charge in [0.25, 0.3) is 16.3 Å². The number of benzene rings is 1. The van der Waals surface area contributed by atoms with E-state index in [4.69, 9.17) is 11.6 Å². The summed E-state index contributed by atoms with van der Waals surface area (Å²) in [6.45, 7) is 2.10. The van der Waals surface area contributed by atoms with Crippen LogP contribution in [0.5, 0.6) is 0 Å². The van der Waals surface area contributed by atoms with Gasteiger partial charge in [-0.05, 0) is 24.6 Å². The Hall–Kier alpha value is -0.304. The molecule has 1 aromatic carbocycles. The van der Waals surface area contributed by atoms with Crippen LogP contribution in [0.2, 0.25) is 4.34 Å². The zero-order valence-corrected chi connectivity index (χ0v) is 19.4. The number of fused-ring (bicyclic) bond motifs is 1.